The van der Waals surface area contributed by atoms with Crippen molar-refractivity contribution in [2.75, 3.05) is 0 Å². The lowest BCUT2D eigenvalue weighted by molar-refractivity contribution is 0.0935. The Labute approximate surface area is 155 Å². The van der Waals surface area contributed by atoms with E-state index in [0.29, 0.717) is 28.7 Å². The van der Waals surface area contributed by atoms with E-state index in [1.807, 2.05) is 50.2 Å². The molecule has 136 valence electrons. The van der Waals surface area contributed by atoms with Gasteiger partial charge in [0.2, 0.25) is 5.56 Å². The van der Waals surface area contributed by atoms with Gasteiger partial charge in [-0.05, 0) is 37.1 Å². The molecule has 2 aromatic heterocycles. The Balaban J connectivity index is 1.69. The Hall–Kier alpha value is -3.41. The van der Waals surface area contributed by atoms with Gasteiger partial charge in [0.1, 0.15) is 5.82 Å². The number of nitrogens with one attached hydrogen (secondary N) is 3. The van der Waals surface area contributed by atoms with Gasteiger partial charge in [0.05, 0.1) is 22.6 Å². The number of fused-ring (bicyclic) bond motifs is 2. The van der Waals surface area contributed by atoms with Crippen LogP contribution in [0.1, 0.15) is 41.1 Å². The molecule has 0 saturated carbocycles. The fourth-order valence-electron chi connectivity index (χ4n) is 3.30. The van der Waals surface area contributed by atoms with Crippen LogP contribution in [0.5, 0.6) is 0 Å². The van der Waals surface area contributed by atoms with Crippen LogP contribution < -0.4 is 10.9 Å². The number of para-hydroxylation sites is 1. The molecule has 27 heavy (non-hydrogen) atoms. The van der Waals surface area contributed by atoms with E-state index in [-0.39, 0.29) is 17.5 Å². The van der Waals surface area contributed by atoms with E-state index in [4.69, 9.17) is 0 Å². The molecule has 2 heterocycles. The summed E-state index contributed by atoms with van der Waals surface area (Å²) in [6, 6.07) is 14.3. The van der Waals surface area contributed by atoms with Gasteiger partial charge in [0.15, 0.2) is 0 Å². The number of aromatic amines is 2. The van der Waals surface area contributed by atoms with Crippen LogP contribution in [0.3, 0.4) is 0 Å². The first kappa shape index (κ1) is 17.0. The van der Waals surface area contributed by atoms with Gasteiger partial charge in [-0.2, -0.15) is 0 Å². The molecule has 6 nitrogen and oxygen atoms in total. The van der Waals surface area contributed by atoms with Crippen LogP contribution >= 0.6 is 0 Å². The molecule has 2 aromatic carbocycles. The number of aryl methyl sites for hydroxylation is 1. The fourth-order valence-corrected chi connectivity index (χ4v) is 3.30. The van der Waals surface area contributed by atoms with Gasteiger partial charge < -0.3 is 15.3 Å². The average molecular weight is 360 g/mol. The second kappa shape index (κ2) is 6.72. The van der Waals surface area contributed by atoms with Crippen molar-refractivity contribution in [2.24, 2.45) is 0 Å². The molecule has 0 aliphatic rings. The number of benzene rings is 2. The molecular weight excluding hydrogens is 340 g/mol. The molecule has 0 radical (unpaired) electrons. The monoisotopic (exact) mass is 360 g/mol. The molecule has 6 heteroatoms. The molecule has 1 atom stereocenters. The number of carbonyl (C=O) groups excluding carboxylic acids is 1. The number of imidazole rings is 1. The Morgan fingerprint density at radius 1 is 1.11 bits per heavy atom. The molecule has 4 rings (SSSR count). The van der Waals surface area contributed by atoms with Gasteiger partial charge in [-0.3, -0.25) is 9.59 Å². The van der Waals surface area contributed by atoms with Gasteiger partial charge in [-0.1, -0.05) is 31.2 Å². The van der Waals surface area contributed by atoms with E-state index in [1.165, 1.54) is 6.07 Å². The Morgan fingerprint density at radius 3 is 2.74 bits per heavy atom. The summed E-state index contributed by atoms with van der Waals surface area (Å²) in [5, 5.41) is 3.72. The summed E-state index contributed by atoms with van der Waals surface area (Å²) in [5.74, 6) is 0.418. The minimum Gasteiger partial charge on any atom is -0.342 e. The van der Waals surface area contributed by atoms with Gasteiger partial charge in [0.25, 0.3) is 5.91 Å². The molecule has 4 aromatic rings. The molecular formula is C21H20N4O2. The minimum absolute atomic E-state index is 0.275. The number of carbonyl (C=O) groups is 1. The summed E-state index contributed by atoms with van der Waals surface area (Å²) in [4.78, 5) is 35.5. The first-order valence-electron chi connectivity index (χ1n) is 8.94. The number of rotatable bonds is 4. The minimum atomic E-state index is -0.300. The Bertz CT molecular complexity index is 1210. The molecule has 0 aliphatic carbocycles. The van der Waals surface area contributed by atoms with Gasteiger partial charge in [0, 0.05) is 17.0 Å². The maximum Gasteiger partial charge on any atom is 0.252 e. The average Bonchev–Trinajstić information content (AvgIpc) is 3.08. The topological polar surface area (TPSA) is 90.6 Å². The van der Waals surface area contributed by atoms with Crippen molar-refractivity contribution in [3.05, 3.63) is 75.8 Å². The lowest BCUT2D eigenvalue weighted by Gasteiger charge is -2.15. The van der Waals surface area contributed by atoms with Crippen molar-refractivity contribution in [3.8, 4) is 0 Å². The number of hydrogen-bond acceptors (Lipinski definition) is 3. The lowest BCUT2D eigenvalue weighted by Crippen LogP contribution is -2.30. The summed E-state index contributed by atoms with van der Waals surface area (Å²) in [6.45, 7) is 4.01. The second-order valence-electron chi connectivity index (χ2n) is 6.67. The summed E-state index contributed by atoms with van der Waals surface area (Å²) < 4.78 is 0. The largest absolute Gasteiger partial charge is 0.342 e. The third-order valence-corrected chi connectivity index (χ3v) is 4.69. The molecule has 3 N–H and O–H groups in total. The zero-order chi connectivity index (χ0) is 19.0. The molecule has 0 bridgehead atoms. The maximum absolute atomic E-state index is 12.9. The highest BCUT2D eigenvalue weighted by Crippen LogP contribution is 2.21. The highest BCUT2D eigenvalue weighted by molar-refractivity contribution is 6.06. The molecule has 0 saturated heterocycles. The summed E-state index contributed by atoms with van der Waals surface area (Å²) in [6.07, 6.45) is 0.672. The molecule has 0 spiro atoms. The standard InChI is InChI=1S/C21H20N4O2/c1-3-15(20-23-17-9-8-12(2)10-18(17)24-20)25-21(27)14-11-19(26)22-16-7-5-4-6-13(14)16/h4-11,15H,3H2,1-2H3,(H,22,26)(H,23,24)(H,25,27)/t15-/m1/s1. The summed E-state index contributed by atoms with van der Waals surface area (Å²) in [7, 11) is 0. The summed E-state index contributed by atoms with van der Waals surface area (Å²) >= 11 is 0. The van der Waals surface area contributed by atoms with Gasteiger partial charge in [-0.15, -0.1) is 0 Å². The van der Waals surface area contributed by atoms with Crippen molar-refractivity contribution < 1.29 is 4.79 Å². The third-order valence-electron chi connectivity index (χ3n) is 4.69. The van der Waals surface area contributed by atoms with Crippen LogP contribution in [0.2, 0.25) is 0 Å². The van der Waals surface area contributed by atoms with E-state index in [9.17, 15) is 9.59 Å². The van der Waals surface area contributed by atoms with E-state index < -0.39 is 0 Å². The quantitative estimate of drug-likeness (QED) is 0.519. The van der Waals surface area contributed by atoms with Crippen LogP contribution in [0.15, 0.2) is 53.3 Å². The third kappa shape index (κ3) is 3.21. The van der Waals surface area contributed by atoms with Crippen LogP contribution in [0.25, 0.3) is 21.9 Å². The first-order valence-corrected chi connectivity index (χ1v) is 8.94. The van der Waals surface area contributed by atoms with Crippen molar-refractivity contribution in [1.29, 1.82) is 0 Å². The normalized spacial score (nSPS) is 12.4. The van der Waals surface area contributed by atoms with Gasteiger partial charge >= 0.3 is 0 Å². The molecule has 0 unspecified atom stereocenters. The first-order chi connectivity index (χ1) is 13.0. The predicted octanol–water partition coefficient (Wildman–Crippen LogP) is 3.59. The van der Waals surface area contributed by atoms with Crippen LogP contribution in [0, 0.1) is 6.92 Å². The van der Waals surface area contributed by atoms with Gasteiger partial charge in [-0.25, -0.2) is 4.98 Å². The van der Waals surface area contributed by atoms with Crippen LogP contribution in [-0.4, -0.2) is 20.9 Å². The fraction of sp³-hybridized carbons (Fsp3) is 0.190. The number of amides is 1. The number of pyridine rings is 1. The predicted molar refractivity (Wildman–Crippen MR) is 106 cm³/mol. The Kier molecular flexibility index (Phi) is 4.24. The zero-order valence-corrected chi connectivity index (χ0v) is 15.2. The number of nitrogens with zero attached hydrogens (tertiary/aromatic N) is 1. The SMILES string of the molecule is CC[C@@H](NC(=O)c1cc(=O)[nH]c2ccccc12)c1nc2ccc(C)cc2[nH]1. The van der Waals surface area contributed by atoms with E-state index in [2.05, 4.69) is 20.3 Å². The van der Waals surface area contributed by atoms with E-state index in [0.717, 1.165) is 16.6 Å². The van der Waals surface area contributed by atoms with Crippen molar-refractivity contribution in [1.82, 2.24) is 20.3 Å². The summed E-state index contributed by atoms with van der Waals surface area (Å²) in [5.41, 5.74) is 3.65. The molecule has 0 fully saturated rings. The van der Waals surface area contributed by atoms with E-state index >= 15 is 0 Å². The Morgan fingerprint density at radius 2 is 1.93 bits per heavy atom. The number of aromatic nitrogens is 3. The molecule has 1 amide bonds. The number of H-pyrrole nitrogens is 2. The highest BCUT2D eigenvalue weighted by Gasteiger charge is 2.19. The highest BCUT2D eigenvalue weighted by atomic mass is 16.2. The maximum atomic E-state index is 12.9. The van der Waals surface area contributed by atoms with Crippen molar-refractivity contribution in [3.63, 3.8) is 0 Å². The lowest BCUT2D eigenvalue weighted by atomic mass is 10.1. The zero-order valence-electron chi connectivity index (χ0n) is 15.2. The van der Waals surface area contributed by atoms with Crippen LogP contribution in [0.4, 0.5) is 0 Å². The van der Waals surface area contributed by atoms with Crippen LogP contribution in [-0.2, 0) is 0 Å². The van der Waals surface area contributed by atoms with Crippen molar-refractivity contribution in [2.45, 2.75) is 26.3 Å². The van der Waals surface area contributed by atoms with Crippen molar-refractivity contribution >= 4 is 27.8 Å². The smallest absolute Gasteiger partial charge is 0.252 e. The van der Waals surface area contributed by atoms with E-state index in [1.54, 1.807) is 6.07 Å². The number of hydrogen-bond donors (Lipinski definition) is 3. The molecule has 0 aliphatic heterocycles. The second-order valence-corrected chi connectivity index (χ2v) is 6.67.